The number of hydrogen-bond donors (Lipinski definition) is 2. The van der Waals surface area contributed by atoms with Crippen LogP contribution in [0.15, 0.2) is 29.4 Å². The van der Waals surface area contributed by atoms with Crippen molar-refractivity contribution in [3.63, 3.8) is 0 Å². The molecule has 0 saturated carbocycles. The van der Waals surface area contributed by atoms with Gasteiger partial charge in [-0.1, -0.05) is 18.7 Å². The van der Waals surface area contributed by atoms with E-state index in [9.17, 15) is 26.7 Å². The van der Waals surface area contributed by atoms with Gasteiger partial charge in [0.15, 0.2) is 16.8 Å². The molecular formula is C22H20F5N5OS. The van der Waals surface area contributed by atoms with Gasteiger partial charge in [0.05, 0.1) is 10.3 Å². The zero-order valence-electron chi connectivity index (χ0n) is 18.3. The molecule has 1 aliphatic heterocycles. The van der Waals surface area contributed by atoms with Gasteiger partial charge < -0.3 is 11.1 Å². The lowest BCUT2D eigenvalue weighted by atomic mass is 9.73. The van der Waals surface area contributed by atoms with Gasteiger partial charge in [0, 0.05) is 29.4 Å². The number of amidine groups is 1. The summed E-state index contributed by atoms with van der Waals surface area (Å²) in [5.41, 5.74) is 3.02. The first-order valence-corrected chi connectivity index (χ1v) is 10.8. The van der Waals surface area contributed by atoms with E-state index in [-0.39, 0.29) is 16.9 Å². The fraction of sp³-hybridized carbons (Fsp3) is 0.364. The number of alkyl halides is 3. The first-order valence-electron chi connectivity index (χ1n) is 9.95. The fourth-order valence-corrected chi connectivity index (χ4v) is 5.01. The van der Waals surface area contributed by atoms with Crippen LogP contribution in [0.3, 0.4) is 0 Å². The quantitative estimate of drug-likeness (QED) is 0.584. The van der Waals surface area contributed by atoms with Crippen molar-refractivity contribution in [3.8, 4) is 6.07 Å². The molecule has 0 fully saturated rings. The Labute approximate surface area is 196 Å². The minimum atomic E-state index is -2.98. The highest BCUT2D eigenvalue weighted by molar-refractivity contribution is 8.15. The number of rotatable bonds is 5. The Hall–Kier alpha value is -3.20. The van der Waals surface area contributed by atoms with Gasteiger partial charge in [-0.25, -0.2) is 31.9 Å². The third kappa shape index (κ3) is 4.20. The summed E-state index contributed by atoms with van der Waals surface area (Å²) in [6.45, 7) is 2.50. The molecule has 0 unspecified atom stereocenters. The summed E-state index contributed by atoms with van der Waals surface area (Å²) in [5, 5.41) is 10.9. The predicted molar refractivity (Wildman–Crippen MR) is 118 cm³/mol. The molecule has 1 aromatic heterocycles. The van der Waals surface area contributed by atoms with Crippen molar-refractivity contribution < 1.29 is 26.7 Å². The molecular weight excluding hydrogens is 477 g/mol. The summed E-state index contributed by atoms with van der Waals surface area (Å²) in [6.07, 6.45) is -1.81. The molecule has 2 heterocycles. The summed E-state index contributed by atoms with van der Waals surface area (Å²) in [4.78, 5) is 20.5. The van der Waals surface area contributed by atoms with Crippen LogP contribution in [0.2, 0.25) is 0 Å². The number of aromatic nitrogens is 1. The summed E-state index contributed by atoms with van der Waals surface area (Å²) < 4.78 is 70.0. The number of aliphatic imine (C=N–C) groups is 1. The van der Waals surface area contributed by atoms with Crippen molar-refractivity contribution >= 4 is 28.5 Å². The number of carbonyl (C=O) groups is 1. The van der Waals surface area contributed by atoms with E-state index in [1.165, 1.54) is 26.1 Å². The molecule has 34 heavy (non-hydrogen) atoms. The monoisotopic (exact) mass is 497 g/mol. The lowest BCUT2D eigenvalue weighted by Gasteiger charge is -2.47. The molecule has 3 rings (SSSR count). The van der Waals surface area contributed by atoms with Crippen LogP contribution in [0.5, 0.6) is 0 Å². The maximum absolute atomic E-state index is 15.0. The predicted octanol–water partition coefficient (Wildman–Crippen LogP) is 4.68. The van der Waals surface area contributed by atoms with E-state index in [1.807, 2.05) is 6.07 Å². The molecule has 1 aliphatic rings. The van der Waals surface area contributed by atoms with Crippen LogP contribution >= 0.6 is 11.8 Å². The van der Waals surface area contributed by atoms with Crippen LogP contribution in [-0.4, -0.2) is 33.9 Å². The minimum absolute atomic E-state index is 0.0829. The number of thioether (sulfide) groups is 1. The van der Waals surface area contributed by atoms with Gasteiger partial charge in [-0.3, -0.25) is 4.79 Å². The molecule has 0 bridgehead atoms. The highest BCUT2D eigenvalue weighted by Crippen LogP contribution is 2.53. The number of nitrogens with two attached hydrogens (primary N) is 1. The Balaban J connectivity index is 2.10. The van der Waals surface area contributed by atoms with E-state index in [0.717, 1.165) is 13.0 Å². The Morgan fingerprint density at radius 2 is 2.03 bits per heavy atom. The van der Waals surface area contributed by atoms with Gasteiger partial charge in [0.25, 0.3) is 12.3 Å². The second kappa shape index (κ2) is 9.21. The fourth-order valence-electron chi connectivity index (χ4n) is 3.89. The number of carbonyl (C=O) groups excluding carboxylic acids is 1. The second-order valence-electron chi connectivity index (χ2n) is 8.09. The Kier molecular flexibility index (Phi) is 6.89. The zero-order valence-corrected chi connectivity index (χ0v) is 19.1. The summed E-state index contributed by atoms with van der Waals surface area (Å²) >= 11 is 0.538. The van der Waals surface area contributed by atoms with Crippen molar-refractivity contribution in [2.45, 2.75) is 37.5 Å². The Morgan fingerprint density at radius 3 is 2.59 bits per heavy atom. The number of amides is 1. The van der Waals surface area contributed by atoms with Gasteiger partial charge in [-0.05, 0) is 31.5 Å². The Bertz CT molecular complexity index is 1220. The number of hydrogen-bond acceptors (Lipinski definition) is 6. The average Bonchev–Trinajstić information content (AvgIpc) is 2.78. The number of halogens is 5. The topological polar surface area (TPSA) is 104 Å². The minimum Gasteiger partial charge on any atom is -0.378 e. The number of nitrogens with one attached hydrogen (secondary N) is 1. The number of nitrogens with zero attached hydrogens (tertiary/aromatic N) is 3. The summed E-state index contributed by atoms with van der Waals surface area (Å²) in [6, 6.07) is 4.91. The second-order valence-corrected chi connectivity index (χ2v) is 9.59. The third-order valence-corrected chi connectivity index (χ3v) is 7.29. The van der Waals surface area contributed by atoms with Gasteiger partial charge in [0.2, 0.25) is 0 Å². The lowest BCUT2D eigenvalue weighted by Crippen LogP contribution is -2.54. The standard InChI is InChI=1S/C22H20F5N5OS/c1-10-4-12(7-28)8-30-17(10)18(33)31-13-5-14(16(25)15(24)6-13)22(9-23)11(2)21(3,19(26)27)34-20(29)32-22/h4-6,8,11,19H,9H2,1-3H3,(H2,29,32)(H,31,33)/t11-,21+,22+/m1/s1. The molecule has 1 aromatic carbocycles. The van der Waals surface area contributed by atoms with Crippen molar-refractivity contribution in [3.05, 3.63) is 58.4 Å². The molecule has 0 radical (unpaired) electrons. The SMILES string of the molecule is Cc1cc(C#N)cnc1C(=O)Nc1cc(F)c(F)c([C@@]2(CF)N=C(N)S[C@](C)(C(F)F)[C@H]2C)c1. The number of nitriles is 1. The van der Waals surface area contributed by atoms with Crippen LogP contribution < -0.4 is 11.1 Å². The first kappa shape index (κ1) is 25.4. The van der Waals surface area contributed by atoms with Crippen molar-refractivity contribution in [1.29, 1.82) is 5.26 Å². The molecule has 0 spiro atoms. The van der Waals surface area contributed by atoms with Gasteiger partial charge in [-0.15, -0.1) is 0 Å². The molecule has 1 amide bonds. The van der Waals surface area contributed by atoms with E-state index >= 15 is 0 Å². The third-order valence-electron chi connectivity index (χ3n) is 6.02. The highest BCUT2D eigenvalue weighted by Gasteiger charge is 2.57. The number of benzene rings is 1. The van der Waals surface area contributed by atoms with E-state index < -0.39 is 57.6 Å². The smallest absolute Gasteiger partial charge is 0.274 e. The molecule has 0 saturated heterocycles. The first-order chi connectivity index (χ1) is 15.9. The zero-order chi connectivity index (χ0) is 25.4. The molecule has 180 valence electrons. The van der Waals surface area contributed by atoms with Crippen molar-refractivity contribution in [1.82, 2.24) is 4.98 Å². The van der Waals surface area contributed by atoms with E-state index in [0.29, 0.717) is 23.4 Å². The highest BCUT2D eigenvalue weighted by atomic mass is 32.2. The van der Waals surface area contributed by atoms with Crippen molar-refractivity contribution in [2.75, 3.05) is 12.0 Å². The van der Waals surface area contributed by atoms with E-state index in [2.05, 4.69) is 15.3 Å². The summed E-state index contributed by atoms with van der Waals surface area (Å²) in [7, 11) is 0. The van der Waals surface area contributed by atoms with Crippen LogP contribution in [0.1, 0.15) is 41.0 Å². The van der Waals surface area contributed by atoms with E-state index in [4.69, 9.17) is 11.0 Å². The lowest BCUT2D eigenvalue weighted by molar-refractivity contribution is 0.0467. The van der Waals surface area contributed by atoms with Crippen LogP contribution in [0, 0.1) is 35.8 Å². The maximum atomic E-state index is 15.0. The number of aryl methyl sites for hydroxylation is 1. The molecule has 6 nitrogen and oxygen atoms in total. The molecule has 12 heteroatoms. The van der Waals surface area contributed by atoms with Gasteiger partial charge >= 0.3 is 0 Å². The van der Waals surface area contributed by atoms with Crippen LogP contribution in [0.25, 0.3) is 0 Å². The summed E-state index contributed by atoms with van der Waals surface area (Å²) in [5.74, 6) is -5.05. The number of pyridine rings is 1. The Morgan fingerprint density at radius 1 is 1.35 bits per heavy atom. The molecule has 3 atom stereocenters. The van der Waals surface area contributed by atoms with E-state index in [1.54, 1.807) is 0 Å². The molecule has 2 aromatic rings. The number of anilines is 1. The normalized spacial score (nSPS) is 24.5. The van der Waals surface area contributed by atoms with Crippen LogP contribution in [-0.2, 0) is 5.54 Å². The van der Waals surface area contributed by atoms with Gasteiger partial charge in [0.1, 0.15) is 24.0 Å². The molecule has 3 N–H and O–H groups in total. The van der Waals surface area contributed by atoms with Gasteiger partial charge in [-0.2, -0.15) is 5.26 Å². The van der Waals surface area contributed by atoms with Crippen LogP contribution in [0.4, 0.5) is 27.6 Å². The van der Waals surface area contributed by atoms with Crippen molar-refractivity contribution in [2.24, 2.45) is 16.6 Å². The maximum Gasteiger partial charge on any atom is 0.274 e. The molecule has 0 aliphatic carbocycles. The largest absolute Gasteiger partial charge is 0.378 e. The average molecular weight is 497 g/mol.